The van der Waals surface area contributed by atoms with E-state index in [1.54, 1.807) is 0 Å². The number of aliphatic hydroxyl groups is 1. The van der Waals surface area contributed by atoms with Gasteiger partial charge in [0.05, 0.1) is 13.3 Å². The number of aliphatic hydroxyl groups excluding tert-OH is 1. The maximum atomic E-state index is 12.0. The van der Waals surface area contributed by atoms with Crippen molar-refractivity contribution in [1.29, 1.82) is 0 Å². The van der Waals surface area contributed by atoms with Crippen LogP contribution in [0.15, 0.2) is 18.5 Å². The molecule has 1 heterocycles. The zero-order valence-corrected chi connectivity index (χ0v) is 12.7. The number of carboxylic acid groups (broad SMARTS) is 1. The minimum atomic E-state index is -1.65. The average molecular weight is 336 g/mol. The number of rotatable bonds is 9. The van der Waals surface area contributed by atoms with Crippen LogP contribution in [-0.2, 0) is 14.4 Å². The Morgan fingerprint density at radius 2 is 2.17 bits per heavy atom. The lowest BCUT2D eigenvalue weighted by atomic mass is 10.1. The van der Waals surface area contributed by atoms with E-state index in [0.29, 0.717) is 12.0 Å². The first-order valence-electron chi connectivity index (χ1n) is 6.79. The van der Waals surface area contributed by atoms with Crippen molar-refractivity contribution >= 4 is 23.9 Å². The number of Topliss-reactive ketones (excluding diaryl/α,β-unsaturated/α-hetero) is 1. The molecule has 10 nitrogen and oxygen atoms in total. The molecule has 0 aliphatic heterocycles. The van der Waals surface area contributed by atoms with Crippen LogP contribution in [0.25, 0.3) is 5.53 Å². The van der Waals surface area contributed by atoms with Crippen LogP contribution in [0.3, 0.4) is 0 Å². The van der Waals surface area contributed by atoms with E-state index in [2.05, 4.69) is 15.1 Å². The van der Waals surface area contributed by atoms with Gasteiger partial charge in [0.25, 0.3) is 5.91 Å². The van der Waals surface area contributed by atoms with E-state index in [0.717, 1.165) is 0 Å². The molecule has 10 heteroatoms. The van der Waals surface area contributed by atoms with Gasteiger partial charge in [-0.3, -0.25) is 14.6 Å². The molecule has 0 spiro atoms. The minimum Gasteiger partial charge on any atom is -0.495 e. The molecule has 2 atom stereocenters. The summed E-state index contributed by atoms with van der Waals surface area (Å²) >= 11 is 0. The number of amides is 1. The number of carbonyl (C=O) groups is 3. The van der Waals surface area contributed by atoms with Crippen LogP contribution in [0.2, 0.25) is 0 Å². The van der Waals surface area contributed by atoms with Gasteiger partial charge >= 0.3 is 12.2 Å². The van der Waals surface area contributed by atoms with Crippen LogP contribution in [0.5, 0.6) is 5.75 Å². The van der Waals surface area contributed by atoms with Crippen LogP contribution >= 0.6 is 0 Å². The molecule has 1 aromatic rings. The second kappa shape index (κ2) is 9.13. The summed E-state index contributed by atoms with van der Waals surface area (Å²) in [6, 6.07) is -0.00407. The Morgan fingerprint density at radius 1 is 1.46 bits per heavy atom. The molecule has 0 aliphatic carbocycles. The molecule has 1 amide bonds. The second-order valence-corrected chi connectivity index (χ2v) is 4.71. The van der Waals surface area contributed by atoms with Crippen LogP contribution in [0.4, 0.5) is 0 Å². The number of methoxy groups -OCH3 is 1. The van der Waals surface area contributed by atoms with Crippen LogP contribution in [0.1, 0.15) is 24.5 Å². The lowest BCUT2D eigenvalue weighted by Gasteiger charge is -2.17. The number of nitrogens with one attached hydrogen (secondary N) is 1. The van der Waals surface area contributed by atoms with E-state index in [9.17, 15) is 19.5 Å². The molecule has 0 bridgehead atoms. The number of nitrogens with zero attached hydrogens (tertiary/aromatic N) is 3. The molecule has 0 saturated carbocycles. The van der Waals surface area contributed by atoms with Gasteiger partial charge in [0.2, 0.25) is 5.78 Å². The average Bonchev–Trinajstić information content (AvgIpc) is 2.57. The third-order valence-corrected chi connectivity index (χ3v) is 3.03. The molecular weight excluding hydrogens is 320 g/mol. The topological polar surface area (TPSA) is 162 Å². The highest BCUT2D eigenvalue weighted by Crippen LogP contribution is 2.18. The van der Waals surface area contributed by atoms with E-state index in [1.165, 1.54) is 25.6 Å². The van der Waals surface area contributed by atoms with Crippen molar-refractivity contribution in [2.24, 2.45) is 0 Å². The smallest absolute Gasteiger partial charge is 0.326 e. The second-order valence-electron chi connectivity index (χ2n) is 4.71. The van der Waals surface area contributed by atoms with E-state index in [4.69, 9.17) is 15.4 Å². The molecule has 0 radical (unpaired) electrons. The van der Waals surface area contributed by atoms with Gasteiger partial charge < -0.3 is 25.8 Å². The van der Waals surface area contributed by atoms with Gasteiger partial charge in [0.15, 0.2) is 6.10 Å². The Balaban J connectivity index is 2.74. The number of aromatic nitrogens is 1. The fraction of sp³-hybridized carbons (Fsp3) is 0.357. The first kappa shape index (κ1) is 18.9. The number of aliphatic carboxylic acids is 1. The number of hydrogen-bond acceptors (Lipinski definition) is 6. The summed E-state index contributed by atoms with van der Waals surface area (Å²) in [7, 11) is 1.39. The summed E-state index contributed by atoms with van der Waals surface area (Å²) in [5.74, 6) is -2.60. The normalized spacial score (nSPS) is 12.4. The maximum absolute atomic E-state index is 12.0. The quantitative estimate of drug-likeness (QED) is 0.306. The predicted octanol–water partition coefficient (Wildman–Crippen LogP) is -0.657. The predicted molar refractivity (Wildman–Crippen MR) is 79.2 cm³/mol. The minimum absolute atomic E-state index is 0.125. The van der Waals surface area contributed by atoms with Gasteiger partial charge in [0.1, 0.15) is 11.8 Å². The summed E-state index contributed by atoms with van der Waals surface area (Å²) < 4.78 is 4.92. The van der Waals surface area contributed by atoms with Gasteiger partial charge in [0, 0.05) is 18.2 Å². The van der Waals surface area contributed by atoms with E-state index in [-0.39, 0.29) is 18.4 Å². The Kier molecular flexibility index (Phi) is 7.21. The van der Waals surface area contributed by atoms with Crippen LogP contribution in [0, 0.1) is 0 Å². The highest BCUT2D eigenvalue weighted by Gasteiger charge is 2.26. The van der Waals surface area contributed by atoms with Crippen LogP contribution in [-0.4, -0.2) is 57.0 Å². The third-order valence-electron chi connectivity index (χ3n) is 3.03. The van der Waals surface area contributed by atoms with Crippen molar-refractivity contribution in [3.05, 3.63) is 29.6 Å². The molecule has 0 unspecified atom stereocenters. The third kappa shape index (κ3) is 5.59. The summed E-state index contributed by atoms with van der Waals surface area (Å²) in [5.41, 5.74) is 8.34. The Labute approximate surface area is 136 Å². The fourth-order valence-corrected chi connectivity index (χ4v) is 1.77. The first-order chi connectivity index (χ1) is 11.4. The summed E-state index contributed by atoms with van der Waals surface area (Å²) in [5, 5.41) is 21.2. The fourth-order valence-electron chi connectivity index (χ4n) is 1.77. The molecule has 0 saturated heterocycles. The summed E-state index contributed by atoms with van der Waals surface area (Å²) in [6.07, 6.45) is 1.13. The Hall–Kier alpha value is -3.10. The van der Waals surface area contributed by atoms with Crippen LogP contribution < -0.4 is 10.1 Å². The molecule has 0 aliphatic rings. The number of carbonyl (C=O) groups excluding carboxylic acids is 2. The maximum Gasteiger partial charge on any atom is 0.326 e. The molecular formula is C14H16N4O6. The van der Waals surface area contributed by atoms with E-state index < -0.39 is 29.8 Å². The van der Waals surface area contributed by atoms with Crippen molar-refractivity contribution in [2.75, 3.05) is 7.11 Å². The van der Waals surface area contributed by atoms with Crippen molar-refractivity contribution in [1.82, 2.24) is 10.3 Å². The molecule has 128 valence electrons. The van der Waals surface area contributed by atoms with E-state index in [1.807, 2.05) is 0 Å². The molecule has 0 aromatic carbocycles. The van der Waals surface area contributed by atoms with E-state index >= 15 is 0 Å². The molecule has 1 aromatic heterocycles. The molecule has 3 N–H and O–H groups in total. The molecule has 24 heavy (non-hydrogen) atoms. The monoisotopic (exact) mass is 336 g/mol. The van der Waals surface area contributed by atoms with Gasteiger partial charge in [-0.15, -0.1) is 0 Å². The van der Waals surface area contributed by atoms with Gasteiger partial charge in [-0.05, 0) is 12.5 Å². The number of carboxylic acids is 1. The van der Waals surface area contributed by atoms with Gasteiger partial charge in [-0.1, -0.05) is 0 Å². The summed E-state index contributed by atoms with van der Waals surface area (Å²) in [4.78, 5) is 40.6. The Bertz CT molecular complexity index is 671. The summed E-state index contributed by atoms with van der Waals surface area (Å²) in [6.45, 7) is 0. The largest absolute Gasteiger partial charge is 0.495 e. The Morgan fingerprint density at radius 3 is 2.75 bits per heavy atom. The highest BCUT2D eigenvalue weighted by molar-refractivity contribution is 6.25. The number of hydrogen-bond donors (Lipinski definition) is 3. The van der Waals surface area contributed by atoms with Crippen molar-refractivity contribution in [2.45, 2.75) is 25.0 Å². The number of pyridine rings is 1. The zero-order chi connectivity index (χ0) is 18.1. The SMILES string of the molecule is COc1cncc([C@H](O)C(=O)N[C@@H](CCC(=O)C=[N+]=[N-])C(=O)O)c1. The lowest BCUT2D eigenvalue weighted by molar-refractivity contribution is -0.143. The lowest BCUT2D eigenvalue weighted by Crippen LogP contribution is -2.43. The highest BCUT2D eigenvalue weighted by atomic mass is 16.5. The van der Waals surface area contributed by atoms with Crippen molar-refractivity contribution in [3.8, 4) is 5.75 Å². The molecule has 0 fully saturated rings. The van der Waals surface area contributed by atoms with Gasteiger partial charge in [-0.25, -0.2) is 4.79 Å². The zero-order valence-electron chi connectivity index (χ0n) is 12.7. The standard InChI is InChI=1S/C14H16N4O6/c1-24-10-4-8(5-16-7-10)12(20)13(21)18-11(14(22)23)3-2-9(19)6-17-15/h4-7,11-12,20H,2-3H2,1H3,(H,18,21)(H,22,23)/t11-,12-/m0/s1. The van der Waals surface area contributed by atoms with Crippen molar-refractivity contribution in [3.63, 3.8) is 0 Å². The number of ketones is 1. The number of ether oxygens (including phenoxy) is 1. The van der Waals surface area contributed by atoms with Crippen molar-refractivity contribution < 1.29 is 34.1 Å². The van der Waals surface area contributed by atoms with Gasteiger partial charge in [-0.2, -0.15) is 4.79 Å². The molecule has 1 rings (SSSR count). The first-order valence-corrected chi connectivity index (χ1v) is 6.79.